The summed E-state index contributed by atoms with van der Waals surface area (Å²) in [6.45, 7) is 5.09. The molecule has 0 saturated carbocycles. The summed E-state index contributed by atoms with van der Waals surface area (Å²) in [6.07, 6.45) is 1.02. The van der Waals surface area contributed by atoms with E-state index >= 15 is 0 Å². The lowest BCUT2D eigenvalue weighted by molar-refractivity contribution is -0.130. The van der Waals surface area contributed by atoms with Crippen molar-refractivity contribution in [2.75, 3.05) is 19.8 Å². The highest BCUT2D eigenvalue weighted by Gasteiger charge is 2.44. The maximum Gasteiger partial charge on any atom is 0.251 e. The number of benzene rings is 1. The number of azide groups is 2. The molecule has 1 aliphatic heterocycles. The van der Waals surface area contributed by atoms with Gasteiger partial charge in [0.1, 0.15) is 0 Å². The zero-order valence-electron chi connectivity index (χ0n) is 15.4. The van der Waals surface area contributed by atoms with Gasteiger partial charge in [0, 0.05) is 59.1 Å². The zero-order chi connectivity index (χ0) is 19.9. The van der Waals surface area contributed by atoms with Crippen molar-refractivity contribution in [1.82, 2.24) is 5.32 Å². The van der Waals surface area contributed by atoms with E-state index in [1.165, 1.54) is 6.07 Å². The van der Waals surface area contributed by atoms with Crippen LogP contribution in [-0.2, 0) is 11.3 Å². The molecule has 0 aliphatic carbocycles. The summed E-state index contributed by atoms with van der Waals surface area (Å²) < 4.78 is 5.32. The molecule has 1 fully saturated rings. The zero-order valence-corrected chi connectivity index (χ0v) is 15.4. The van der Waals surface area contributed by atoms with E-state index in [1.54, 1.807) is 12.1 Å². The van der Waals surface area contributed by atoms with Crippen LogP contribution in [-0.4, -0.2) is 36.4 Å². The fraction of sp³-hybridized carbons (Fsp3) is 0.588. The standard InChI is InChI=1S/C17H23N7O3/c1-16(2,17(26)3-5-27-6-4-17)11-20-15(25)13-7-12(10-21-23-18)8-14(9-13)22-24-19/h7-9,26H,3-6,10-11H2,1-2H3,(H,20,25). The van der Waals surface area contributed by atoms with Crippen LogP contribution in [0, 0.1) is 5.41 Å². The Morgan fingerprint density at radius 1 is 1.30 bits per heavy atom. The van der Waals surface area contributed by atoms with E-state index in [0.717, 1.165) is 0 Å². The number of rotatable bonds is 7. The minimum absolute atomic E-state index is 0.0385. The van der Waals surface area contributed by atoms with Gasteiger partial charge >= 0.3 is 0 Å². The largest absolute Gasteiger partial charge is 0.389 e. The van der Waals surface area contributed by atoms with Crippen LogP contribution in [0.2, 0.25) is 0 Å². The Labute approximate surface area is 156 Å². The summed E-state index contributed by atoms with van der Waals surface area (Å²) in [5.74, 6) is -0.365. The van der Waals surface area contributed by atoms with Crippen LogP contribution in [0.5, 0.6) is 0 Å². The van der Waals surface area contributed by atoms with Gasteiger partial charge in [-0.1, -0.05) is 24.1 Å². The van der Waals surface area contributed by atoms with Gasteiger partial charge in [-0.2, -0.15) is 0 Å². The van der Waals surface area contributed by atoms with Crippen molar-refractivity contribution >= 4 is 11.6 Å². The van der Waals surface area contributed by atoms with Gasteiger partial charge in [0.2, 0.25) is 0 Å². The number of ether oxygens (including phenoxy) is 1. The SMILES string of the molecule is CC(C)(CNC(=O)c1cc(CN=[N+]=[N-])cc(N=[N+]=[N-])c1)C1(O)CCOCC1. The molecular formula is C17H23N7O3. The molecule has 10 heteroatoms. The number of hydrogen-bond donors (Lipinski definition) is 2. The molecule has 2 rings (SSSR count). The summed E-state index contributed by atoms with van der Waals surface area (Å²) in [4.78, 5) is 18.0. The Morgan fingerprint density at radius 2 is 2.00 bits per heavy atom. The summed E-state index contributed by atoms with van der Waals surface area (Å²) in [5.41, 5.74) is 16.7. The second-order valence-electron chi connectivity index (χ2n) is 7.18. The van der Waals surface area contributed by atoms with Crippen molar-refractivity contribution in [1.29, 1.82) is 0 Å². The maximum absolute atomic E-state index is 12.6. The molecule has 27 heavy (non-hydrogen) atoms. The average molecular weight is 373 g/mol. The quantitative estimate of drug-likeness (QED) is 0.424. The van der Waals surface area contributed by atoms with Crippen LogP contribution in [0.15, 0.2) is 28.4 Å². The molecular weight excluding hydrogens is 350 g/mol. The number of hydrogen-bond acceptors (Lipinski definition) is 5. The minimum Gasteiger partial charge on any atom is -0.389 e. The van der Waals surface area contributed by atoms with E-state index in [9.17, 15) is 9.90 Å². The highest BCUT2D eigenvalue weighted by Crippen LogP contribution is 2.38. The van der Waals surface area contributed by atoms with Gasteiger partial charge in [-0.15, -0.1) is 0 Å². The number of carbonyl (C=O) groups excluding carboxylic acids is 1. The molecule has 1 aliphatic rings. The molecule has 1 amide bonds. The van der Waals surface area contributed by atoms with Crippen molar-refractivity contribution in [2.24, 2.45) is 15.6 Å². The molecule has 0 radical (unpaired) electrons. The third-order valence-electron chi connectivity index (χ3n) is 4.99. The molecule has 0 aromatic heterocycles. The van der Waals surface area contributed by atoms with E-state index in [2.05, 4.69) is 25.4 Å². The predicted molar refractivity (Wildman–Crippen MR) is 99.2 cm³/mol. The van der Waals surface area contributed by atoms with Crippen molar-refractivity contribution in [3.63, 3.8) is 0 Å². The Bertz CT molecular complexity index is 790. The molecule has 144 valence electrons. The van der Waals surface area contributed by atoms with Crippen LogP contribution in [0.4, 0.5) is 5.69 Å². The van der Waals surface area contributed by atoms with E-state index in [-0.39, 0.29) is 30.2 Å². The summed E-state index contributed by atoms with van der Waals surface area (Å²) >= 11 is 0. The summed E-state index contributed by atoms with van der Waals surface area (Å²) in [5, 5.41) is 20.7. The molecule has 1 aromatic carbocycles. The van der Waals surface area contributed by atoms with Crippen molar-refractivity contribution in [2.45, 2.75) is 38.8 Å². The molecule has 1 saturated heterocycles. The minimum atomic E-state index is -0.919. The molecule has 0 atom stereocenters. The monoisotopic (exact) mass is 373 g/mol. The number of nitrogens with zero attached hydrogens (tertiary/aromatic N) is 6. The van der Waals surface area contributed by atoms with Gasteiger partial charge in [-0.3, -0.25) is 4.79 Å². The Morgan fingerprint density at radius 3 is 2.63 bits per heavy atom. The van der Waals surface area contributed by atoms with Crippen LogP contribution >= 0.6 is 0 Å². The van der Waals surface area contributed by atoms with Crippen molar-refractivity contribution in [3.05, 3.63) is 50.2 Å². The first kappa shape index (κ1) is 20.5. The van der Waals surface area contributed by atoms with Crippen molar-refractivity contribution in [3.8, 4) is 0 Å². The van der Waals surface area contributed by atoms with Gasteiger partial charge in [0.25, 0.3) is 5.91 Å². The number of nitrogens with one attached hydrogen (secondary N) is 1. The lowest BCUT2D eigenvalue weighted by Gasteiger charge is -2.45. The number of aliphatic hydroxyl groups is 1. The van der Waals surface area contributed by atoms with Gasteiger partial charge in [-0.25, -0.2) is 0 Å². The molecule has 1 aromatic rings. The normalized spacial score (nSPS) is 16.0. The van der Waals surface area contributed by atoms with Crippen LogP contribution < -0.4 is 5.32 Å². The van der Waals surface area contributed by atoms with Crippen molar-refractivity contribution < 1.29 is 14.6 Å². The summed E-state index contributed by atoms with van der Waals surface area (Å²) in [7, 11) is 0. The highest BCUT2D eigenvalue weighted by atomic mass is 16.5. The Hall–Kier alpha value is -2.77. The van der Waals surface area contributed by atoms with Crippen LogP contribution in [0.25, 0.3) is 20.9 Å². The van der Waals surface area contributed by atoms with E-state index in [0.29, 0.717) is 31.6 Å². The smallest absolute Gasteiger partial charge is 0.251 e. The first-order chi connectivity index (χ1) is 12.8. The predicted octanol–water partition coefficient (Wildman–Crippen LogP) is 3.74. The van der Waals surface area contributed by atoms with E-state index in [1.807, 2.05) is 13.8 Å². The van der Waals surface area contributed by atoms with Crippen LogP contribution in [0.1, 0.15) is 42.6 Å². The lowest BCUT2D eigenvalue weighted by atomic mass is 9.70. The van der Waals surface area contributed by atoms with Gasteiger partial charge < -0.3 is 15.2 Å². The molecule has 0 bridgehead atoms. The Balaban J connectivity index is 2.15. The highest BCUT2D eigenvalue weighted by molar-refractivity contribution is 5.95. The molecule has 0 unspecified atom stereocenters. The molecule has 10 nitrogen and oxygen atoms in total. The second kappa shape index (κ2) is 8.75. The van der Waals surface area contributed by atoms with E-state index in [4.69, 9.17) is 15.8 Å². The molecule has 2 N–H and O–H groups in total. The molecule has 1 heterocycles. The van der Waals surface area contributed by atoms with Crippen LogP contribution in [0.3, 0.4) is 0 Å². The lowest BCUT2D eigenvalue weighted by Crippen LogP contribution is -2.53. The topological polar surface area (TPSA) is 156 Å². The maximum atomic E-state index is 12.6. The summed E-state index contributed by atoms with van der Waals surface area (Å²) in [6, 6.07) is 4.60. The van der Waals surface area contributed by atoms with Gasteiger partial charge in [0.05, 0.1) is 12.1 Å². The molecule has 0 spiro atoms. The van der Waals surface area contributed by atoms with E-state index < -0.39 is 11.0 Å². The number of amides is 1. The fourth-order valence-corrected chi connectivity index (χ4v) is 3.07. The first-order valence-electron chi connectivity index (χ1n) is 8.59. The average Bonchev–Trinajstić information content (AvgIpc) is 2.65. The number of carbonyl (C=O) groups is 1. The van der Waals surface area contributed by atoms with Gasteiger partial charge in [0.15, 0.2) is 0 Å². The third kappa shape index (κ3) is 5.12. The first-order valence-corrected chi connectivity index (χ1v) is 8.59. The fourth-order valence-electron chi connectivity index (χ4n) is 3.07. The van der Waals surface area contributed by atoms with Gasteiger partial charge in [-0.05, 0) is 34.8 Å². The second-order valence-corrected chi connectivity index (χ2v) is 7.18. The third-order valence-corrected chi connectivity index (χ3v) is 4.99. The Kier molecular flexibility index (Phi) is 6.65.